The van der Waals surface area contributed by atoms with E-state index in [-0.39, 0.29) is 5.91 Å². The highest BCUT2D eigenvalue weighted by atomic mass is 16.2. The third kappa shape index (κ3) is 3.74. The van der Waals surface area contributed by atoms with E-state index in [0.29, 0.717) is 17.5 Å². The maximum Gasteiger partial charge on any atom is 0.274 e. The van der Waals surface area contributed by atoms with E-state index >= 15 is 0 Å². The summed E-state index contributed by atoms with van der Waals surface area (Å²) < 4.78 is 0. The molecule has 0 spiro atoms. The van der Waals surface area contributed by atoms with Crippen LogP contribution < -0.4 is 0 Å². The monoisotopic (exact) mass is 368 g/mol. The number of rotatable bonds is 3. The highest BCUT2D eigenvalue weighted by molar-refractivity contribution is 5.92. The van der Waals surface area contributed by atoms with Crippen molar-refractivity contribution in [2.24, 2.45) is 0 Å². The Bertz CT molecular complexity index is 822. The zero-order valence-corrected chi connectivity index (χ0v) is 16.4. The minimum absolute atomic E-state index is 0.0194. The summed E-state index contributed by atoms with van der Waals surface area (Å²) in [6.07, 6.45) is 4.82. The number of piperidine rings is 1. The summed E-state index contributed by atoms with van der Waals surface area (Å²) in [6, 6.07) is 1.88. The van der Waals surface area contributed by atoms with Crippen LogP contribution in [0.5, 0.6) is 0 Å². The molecule has 0 aromatic carbocycles. The number of likely N-dealkylation sites (tertiary alicyclic amines) is 1. The van der Waals surface area contributed by atoms with Crippen molar-refractivity contribution in [1.29, 1.82) is 0 Å². The number of hydrogen-bond donors (Lipinski definition) is 1. The quantitative estimate of drug-likeness (QED) is 0.900. The van der Waals surface area contributed by atoms with E-state index < -0.39 is 0 Å². The third-order valence-corrected chi connectivity index (χ3v) is 5.73. The largest absolute Gasteiger partial charge is 0.337 e. The van der Waals surface area contributed by atoms with Gasteiger partial charge in [0, 0.05) is 61.7 Å². The van der Waals surface area contributed by atoms with Crippen molar-refractivity contribution in [2.75, 3.05) is 26.7 Å². The van der Waals surface area contributed by atoms with Gasteiger partial charge in [-0.25, -0.2) is 9.97 Å². The van der Waals surface area contributed by atoms with Gasteiger partial charge in [0.2, 0.25) is 0 Å². The van der Waals surface area contributed by atoms with Crippen LogP contribution in [0.3, 0.4) is 0 Å². The predicted octanol–water partition coefficient (Wildman–Crippen LogP) is 2.33. The van der Waals surface area contributed by atoms with Gasteiger partial charge in [-0.05, 0) is 31.9 Å². The van der Waals surface area contributed by atoms with Crippen LogP contribution in [0.25, 0.3) is 0 Å². The van der Waals surface area contributed by atoms with E-state index in [9.17, 15) is 4.79 Å². The molecule has 1 saturated heterocycles. The molecule has 0 radical (unpaired) electrons. The van der Waals surface area contributed by atoms with Crippen molar-refractivity contribution >= 4 is 5.91 Å². The summed E-state index contributed by atoms with van der Waals surface area (Å²) in [5.74, 6) is 1.65. The van der Waals surface area contributed by atoms with Crippen molar-refractivity contribution in [3.63, 3.8) is 0 Å². The lowest BCUT2D eigenvalue weighted by Gasteiger charge is -2.31. The Balaban J connectivity index is 1.39. The van der Waals surface area contributed by atoms with Crippen LogP contribution in [-0.2, 0) is 13.0 Å². The Hall–Kier alpha value is -2.28. The van der Waals surface area contributed by atoms with Crippen LogP contribution >= 0.6 is 0 Å². The lowest BCUT2D eigenvalue weighted by atomic mass is 9.95. The fourth-order valence-electron chi connectivity index (χ4n) is 3.91. The molecule has 7 nitrogen and oxygen atoms in total. The molecule has 0 aliphatic carbocycles. The zero-order chi connectivity index (χ0) is 19.0. The molecule has 2 aromatic heterocycles. The van der Waals surface area contributed by atoms with Gasteiger partial charge in [0.1, 0.15) is 11.5 Å². The first kappa shape index (κ1) is 18.1. The van der Waals surface area contributed by atoms with Gasteiger partial charge in [-0.15, -0.1) is 0 Å². The number of likely N-dealkylation sites (N-methyl/N-ethyl adjacent to an activating group) is 1. The normalized spacial score (nSPS) is 18.7. The molecule has 1 N–H and O–H groups in total. The van der Waals surface area contributed by atoms with E-state index in [1.165, 1.54) is 11.3 Å². The highest BCUT2D eigenvalue weighted by Gasteiger charge is 2.28. The average Bonchev–Trinajstić information content (AvgIpc) is 3.18. The van der Waals surface area contributed by atoms with E-state index in [2.05, 4.69) is 41.0 Å². The van der Waals surface area contributed by atoms with E-state index in [0.717, 1.165) is 57.0 Å². The van der Waals surface area contributed by atoms with E-state index in [4.69, 9.17) is 4.98 Å². The molecule has 2 aliphatic heterocycles. The summed E-state index contributed by atoms with van der Waals surface area (Å²) >= 11 is 0. The molecule has 144 valence electrons. The fraction of sp³-hybridized carbons (Fsp3) is 0.600. The molecule has 27 heavy (non-hydrogen) atoms. The molecule has 1 fully saturated rings. The number of aromatic nitrogens is 4. The Morgan fingerprint density at radius 1 is 1.26 bits per heavy atom. The first-order valence-electron chi connectivity index (χ1n) is 9.89. The smallest absolute Gasteiger partial charge is 0.274 e. The second-order valence-corrected chi connectivity index (χ2v) is 8.12. The Labute approximate surface area is 160 Å². The second-order valence-electron chi connectivity index (χ2n) is 8.12. The average molecular weight is 368 g/mol. The molecular formula is C20H28N6O. The van der Waals surface area contributed by atoms with Gasteiger partial charge in [-0.1, -0.05) is 13.8 Å². The number of fused-ring (bicyclic) bond motifs is 1. The van der Waals surface area contributed by atoms with Crippen LogP contribution in [0.2, 0.25) is 0 Å². The topological polar surface area (TPSA) is 78.0 Å². The SMILES string of the molecule is CC(C)c1cc(C(=O)N2CCC(c3ncc4c(n3)CCN(C)C4)CC2)n[nH]1. The molecule has 2 aromatic rings. The Morgan fingerprint density at radius 2 is 2.04 bits per heavy atom. The number of carbonyl (C=O) groups excluding carboxylic acids is 1. The van der Waals surface area contributed by atoms with Gasteiger partial charge in [0.15, 0.2) is 0 Å². The Morgan fingerprint density at radius 3 is 2.74 bits per heavy atom. The summed E-state index contributed by atoms with van der Waals surface area (Å²) in [6.45, 7) is 7.63. The minimum atomic E-state index is 0.0194. The van der Waals surface area contributed by atoms with Crippen LogP contribution in [0.4, 0.5) is 0 Å². The molecule has 4 rings (SSSR count). The number of aromatic amines is 1. The van der Waals surface area contributed by atoms with Gasteiger partial charge in [-0.2, -0.15) is 5.10 Å². The first-order valence-corrected chi connectivity index (χ1v) is 9.89. The van der Waals surface area contributed by atoms with Gasteiger partial charge >= 0.3 is 0 Å². The number of nitrogens with zero attached hydrogens (tertiary/aromatic N) is 5. The molecule has 0 unspecified atom stereocenters. The minimum Gasteiger partial charge on any atom is -0.337 e. The van der Waals surface area contributed by atoms with Gasteiger partial charge < -0.3 is 9.80 Å². The molecule has 2 aliphatic rings. The molecule has 1 amide bonds. The lowest BCUT2D eigenvalue weighted by Crippen LogP contribution is -2.38. The standard InChI is InChI=1S/C20H28N6O/c1-13(2)17-10-18(24-23-17)20(27)26-8-4-14(5-9-26)19-21-11-15-12-25(3)7-6-16(15)22-19/h10-11,13-14H,4-9,12H2,1-3H3,(H,23,24). The molecule has 0 bridgehead atoms. The molecule has 0 atom stereocenters. The van der Waals surface area contributed by atoms with Crippen molar-refractivity contribution in [1.82, 2.24) is 30.0 Å². The van der Waals surface area contributed by atoms with Gasteiger partial charge in [0.05, 0.1) is 0 Å². The van der Waals surface area contributed by atoms with Crippen molar-refractivity contribution in [2.45, 2.75) is 51.5 Å². The van der Waals surface area contributed by atoms with Crippen LogP contribution in [-0.4, -0.2) is 62.6 Å². The lowest BCUT2D eigenvalue weighted by molar-refractivity contribution is 0.0705. The molecular weight excluding hydrogens is 340 g/mol. The van der Waals surface area contributed by atoms with Gasteiger partial charge in [0.25, 0.3) is 5.91 Å². The number of hydrogen-bond acceptors (Lipinski definition) is 5. The Kier molecular flexibility index (Phi) is 4.95. The summed E-state index contributed by atoms with van der Waals surface area (Å²) in [4.78, 5) is 26.4. The summed E-state index contributed by atoms with van der Waals surface area (Å²) in [7, 11) is 2.13. The predicted molar refractivity (Wildman–Crippen MR) is 103 cm³/mol. The molecule has 0 saturated carbocycles. The number of carbonyl (C=O) groups is 1. The zero-order valence-electron chi connectivity index (χ0n) is 16.4. The maximum absolute atomic E-state index is 12.7. The number of nitrogens with one attached hydrogen (secondary N) is 1. The molecule has 4 heterocycles. The van der Waals surface area contributed by atoms with Crippen LogP contribution in [0.15, 0.2) is 12.3 Å². The van der Waals surface area contributed by atoms with Crippen molar-refractivity contribution < 1.29 is 4.79 Å². The second kappa shape index (κ2) is 7.38. The van der Waals surface area contributed by atoms with E-state index in [1.807, 2.05) is 17.2 Å². The number of amides is 1. The highest BCUT2D eigenvalue weighted by Crippen LogP contribution is 2.28. The van der Waals surface area contributed by atoms with E-state index in [1.54, 1.807) is 0 Å². The fourth-order valence-corrected chi connectivity index (χ4v) is 3.91. The first-order chi connectivity index (χ1) is 13.0. The third-order valence-electron chi connectivity index (χ3n) is 5.73. The summed E-state index contributed by atoms with van der Waals surface area (Å²) in [5, 5.41) is 7.17. The maximum atomic E-state index is 12.7. The van der Waals surface area contributed by atoms with Crippen LogP contribution in [0.1, 0.15) is 71.8 Å². The van der Waals surface area contributed by atoms with Gasteiger partial charge in [-0.3, -0.25) is 9.89 Å². The molecule has 7 heteroatoms. The van der Waals surface area contributed by atoms with Crippen LogP contribution in [0, 0.1) is 0 Å². The number of H-pyrrole nitrogens is 1. The van der Waals surface area contributed by atoms with Crippen molar-refractivity contribution in [3.8, 4) is 0 Å². The summed E-state index contributed by atoms with van der Waals surface area (Å²) in [5.41, 5.74) is 3.97. The van der Waals surface area contributed by atoms with Crippen molar-refractivity contribution in [3.05, 3.63) is 40.7 Å².